The molecule has 3 aliphatic rings. The zero-order chi connectivity index (χ0) is 22.1. The molecular weight excluding hydrogens is 407 g/mol. The van der Waals surface area contributed by atoms with Crippen molar-refractivity contribution in [2.24, 2.45) is 0 Å². The lowest BCUT2D eigenvalue weighted by Crippen LogP contribution is -2.52. The minimum absolute atomic E-state index is 0.0764. The van der Waals surface area contributed by atoms with Gasteiger partial charge in [-0.15, -0.1) is 0 Å². The van der Waals surface area contributed by atoms with E-state index in [0.717, 1.165) is 43.4 Å². The highest BCUT2D eigenvalue weighted by atomic mass is 19.1. The molecule has 2 fully saturated rings. The predicted molar refractivity (Wildman–Crippen MR) is 119 cm³/mol. The first-order valence-corrected chi connectivity index (χ1v) is 11.6. The van der Waals surface area contributed by atoms with Crippen LogP contribution >= 0.6 is 0 Å². The highest BCUT2D eigenvalue weighted by Crippen LogP contribution is 2.46. The monoisotopic (exact) mass is 436 g/mol. The number of rotatable bonds is 4. The van der Waals surface area contributed by atoms with Crippen molar-refractivity contribution in [2.45, 2.75) is 62.5 Å². The van der Waals surface area contributed by atoms with Gasteiger partial charge in [-0.3, -0.25) is 9.59 Å². The van der Waals surface area contributed by atoms with Gasteiger partial charge in [-0.2, -0.15) is 0 Å². The highest BCUT2D eigenvalue weighted by molar-refractivity contribution is 5.94. The van der Waals surface area contributed by atoms with Crippen LogP contribution in [0, 0.1) is 5.82 Å². The summed E-state index contributed by atoms with van der Waals surface area (Å²) < 4.78 is 19.7. The fourth-order valence-corrected chi connectivity index (χ4v) is 5.19. The Kier molecular flexibility index (Phi) is 5.62. The van der Waals surface area contributed by atoms with E-state index in [9.17, 15) is 14.0 Å². The Hall–Kier alpha value is -2.89. The average molecular weight is 437 g/mol. The number of halogens is 1. The molecule has 5 nitrogen and oxygen atoms in total. The standard InChI is InChI=1S/C26H29FN2O3/c27-20-10-8-18(9-11-20)25(31)29-14-12-26(13-15-29)17-19(16-24(30)28-21-4-3-5-21)22-6-1-2-7-23(22)32-26/h1-2,6-11,19,21H,3-5,12-17H2,(H,28,30)/t19-/m1/s1. The van der Waals surface area contributed by atoms with E-state index in [-0.39, 0.29) is 29.2 Å². The van der Waals surface area contributed by atoms with Crippen molar-refractivity contribution in [3.8, 4) is 5.75 Å². The smallest absolute Gasteiger partial charge is 0.253 e. The van der Waals surface area contributed by atoms with Gasteiger partial charge < -0.3 is 15.0 Å². The van der Waals surface area contributed by atoms with E-state index in [1.54, 1.807) is 0 Å². The molecule has 1 saturated carbocycles. The van der Waals surface area contributed by atoms with Crippen LogP contribution in [-0.4, -0.2) is 41.4 Å². The van der Waals surface area contributed by atoms with Crippen LogP contribution in [0.4, 0.5) is 4.39 Å². The number of nitrogens with one attached hydrogen (secondary N) is 1. The lowest BCUT2D eigenvalue weighted by molar-refractivity contribution is -0.123. The van der Waals surface area contributed by atoms with Crippen LogP contribution < -0.4 is 10.1 Å². The van der Waals surface area contributed by atoms with Gasteiger partial charge in [0.2, 0.25) is 5.91 Å². The molecule has 1 aliphatic carbocycles. The van der Waals surface area contributed by atoms with E-state index in [1.807, 2.05) is 23.1 Å². The zero-order valence-corrected chi connectivity index (χ0v) is 18.2. The molecule has 5 rings (SSSR count). The maximum absolute atomic E-state index is 13.2. The Morgan fingerprint density at radius 2 is 1.78 bits per heavy atom. The molecule has 1 atom stereocenters. The molecule has 1 saturated heterocycles. The largest absolute Gasteiger partial charge is 0.487 e. The quantitative estimate of drug-likeness (QED) is 0.772. The van der Waals surface area contributed by atoms with Crippen molar-refractivity contribution >= 4 is 11.8 Å². The van der Waals surface area contributed by atoms with Crippen LogP contribution in [-0.2, 0) is 4.79 Å². The first-order chi connectivity index (χ1) is 15.5. The molecule has 32 heavy (non-hydrogen) atoms. The molecule has 6 heteroatoms. The SMILES string of the molecule is O=C(C[C@@H]1CC2(CCN(C(=O)c3ccc(F)cc3)CC2)Oc2ccccc21)NC1CCC1. The number of fused-ring (bicyclic) bond motifs is 1. The van der Waals surface area contributed by atoms with Crippen molar-refractivity contribution in [1.82, 2.24) is 10.2 Å². The normalized spacial score (nSPS) is 21.9. The topological polar surface area (TPSA) is 58.6 Å². The molecule has 2 aliphatic heterocycles. The summed E-state index contributed by atoms with van der Waals surface area (Å²) >= 11 is 0. The number of piperidine rings is 1. The van der Waals surface area contributed by atoms with Gasteiger partial charge in [-0.1, -0.05) is 18.2 Å². The number of likely N-dealkylation sites (tertiary alicyclic amines) is 1. The summed E-state index contributed by atoms with van der Waals surface area (Å²) in [5, 5.41) is 3.17. The van der Waals surface area contributed by atoms with E-state index in [1.165, 1.54) is 30.7 Å². The number of nitrogens with zero attached hydrogens (tertiary/aromatic N) is 1. The number of hydrogen-bond donors (Lipinski definition) is 1. The lowest BCUT2D eigenvalue weighted by atomic mass is 9.76. The molecular formula is C26H29FN2O3. The van der Waals surface area contributed by atoms with Crippen LogP contribution in [0.5, 0.6) is 5.75 Å². The van der Waals surface area contributed by atoms with E-state index in [0.29, 0.717) is 31.1 Å². The van der Waals surface area contributed by atoms with Crippen molar-refractivity contribution in [1.29, 1.82) is 0 Å². The zero-order valence-electron chi connectivity index (χ0n) is 18.2. The minimum atomic E-state index is -0.366. The van der Waals surface area contributed by atoms with Crippen molar-refractivity contribution in [2.75, 3.05) is 13.1 Å². The Morgan fingerprint density at radius 3 is 2.47 bits per heavy atom. The molecule has 2 aromatic rings. The van der Waals surface area contributed by atoms with E-state index >= 15 is 0 Å². The molecule has 0 radical (unpaired) electrons. The lowest BCUT2D eigenvalue weighted by Gasteiger charge is -2.47. The summed E-state index contributed by atoms with van der Waals surface area (Å²) in [6.07, 6.45) is 6.04. The number of benzene rings is 2. The van der Waals surface area contributed by atoms with Crippen molar-refractivity contribution in [3.63, 3.8) is 0 Å². The van der Waals surface area contributed by atoms with Gasteiger partial charge in [0.15, 0.2) is 0 Å². The van der Waals surface area contributed by atoms with Gasteiger partial charge in [0.05, 0.1) is 0 Å². The first-order valence-electron chi connectivity index (χ1n) is 11.6. The number of carbonyl (C=O) groups is 2. The summed E-state index contributed by atoms with van der Waals surface area (Å²) in [7, 11) is 0. The molecule has 0 aromatic heterocycles. The Bertz CT molecular complexity index is 994. The predicted octanol–water partition coefficient (Wildman–Crippen LogP) is 4.43. The van der Waals surface area contributed by atoms with Crippen molar-refractivity contribution < 1.29 is 18.7 Å². The van der Waals surface area contributed by atoms with Crippen LogP contribution in [0.15, 0.2) is 48.5 Å². The summed E-state index contributed by atoms with van der Waals surface area (Å²) in [6, 6.07) is 14.1. The second-order valence-electron chi connectivity index (χ2n) is 9.42. The van der Waals surface area contributed by atoms with Gasteiger partial charge in [0.1, 0.15) is 17.2 Å². The van der Waals surface area contributed by atoms with Gasteiger partial charge in [-0.25, -0.2) is 4.39 Å². The molecule has 2 aromatic carbocycles. The van der Waals surface area contributed by atoms with Crippen LogP contribution in [0.3, 0.4) is 0 Å². The number of carbonyl (C=O) groups excluding carboxylic acids is 2. The third kappa shape index (κ3) is 4.23. The summed E-state index contributed by atoms with van der Waals surface area (Å²) in [5.74, 6) is 0.668. The Balaban J connectivity index is 1.28. The van der Waals surface area contributed by atoms with E-state index in [2.05, 4.69) is 11.4 Å². The van der Waals surface area contributed by atoms with E-state index in [4.69, 9.17) is 4.74 Å². The fourth-order valence-electron chi connectivity index (χ4n) is 5.19. The molecule has 168 valence electrons. The third-order valence-electron chi connectivity index (χ3n) is 7.26. The van der Waals surface area contributed by atoms with Crippen LogP contribution in [0.2, 0.25) is 0 Å². The van der Waals surface area contributed by atoms with Gasteiger partial charge in [0, 0.05) is 49.9 Å². The minimum Gasteiger partial charge on any atom is -0.487 e. The number of para-hydroxylation sites is 1. The number of hydrogen-bond acceptors (Lipinski definition) is 3. The Labute approximate surface area is 187 Å². The van der Waals surface area contributed by atoms with Crippen LogP contribution in [0.1, 0.15) is 66.8 Å². The van der Waals surface area contributed by atoms with Crippen LogP contribution in [0.25, 0.3) is 0 Å². The molecule has 2 heterocycles. The summed E-state index contributed by atoms with van der Waals surface area (Å²) in [6.45, 7) is 1.17. The van der Waals surface area contributed by atoms with Gasteiger partial charge >= 0.3 is 0 Å². The molecule has 0 bridgehead atoms. The highest BCUT2D eigenvalue weighted by Gasteiger charge is 2.44. The summed E-state index contributed by atoms with van der Waals surface area (Å²) in [5.41, 5.74) is 1.24. The number of amides is 2. The molecule has 1 N–H and O–H groups in total. The average Bonchev–Trinajstić information content (AvgIpc) is 2.77. The van der Waals surface area contributed by atoms with Crippen molar-refractivity contribution in [3.05, 3.63) is 65.5 Å². The maximum atomic E-state index is 13.2. The third-order valence-corrected chi connectivity index (χ3v) is 7.26. The fraction of sp³-hybridized carbons (Fsp3) is 0.462. The summed E-state index contributed by atoms with van der Waals surface area (Å²) in [4.78, 5) is 27.3. The number of ether oxygens (including phenoxy) is 1. The first kappa shape index (κ1) is 21.0. The van der Waals surface area contributed by atoms with Gasteiger partial charge in [-0.05, 0) is 61.6 Å². The molecule has 1 spiro atoms. The Morgan fingerprint density at radius 1 is 1.06 bits per heavy atom. The molecule has 2 amide bonds. The van der Waals surface area contributed by atoms with Gasteiger partial charge in [0.25, 0.3) is 5.91 Å². The second-order valence-corrected chi connectivity index (χ2v) is 9.42. The van der Waals surface area contributed by atoms with E-state index < -0.39 is 0 Å². The maximum Gasteiger partial charge on any atom is 0.253 e. The molecule has 0 unspecified atom stereocenters. The second kappa shape index (κ2) is 8.57.